The minimum atomic E-state index is -4.09. The van der Waals surface area contributed by atoms with Crippen molar-refractivity contribution in [2.75, 3.05) is 18.6 Å². The summed E-state index contributed by atoms with van der Waals surface area (Å²) in [5, 5.41) is -0.641. The Morgan fingerprint density at radius 1 is 1.00 bits per heavy atom. The maximum Gasteiger partial charge on any atom is 0.257 e. The molecule has 0 fully saturated rings. The molecule has 3 rings (SSSR count). The lowest BCUT2D eigenvalue weighted by Gasteiger charge is -2.17. The molecule has 0 aliphatic heterocycles. The van der Waals surface area contributed by atoms with Crippen LogP contribution in [0.25, 0.3) is 0 Å². The van der Waals surface area contributed by atoms with Crippen LogP contribution in [0.15, 0.2) is 47.6 Å². The Morgan fingerprint density at radius 2 is 1.53 bits per heavy atom. The first-order valence-electron chi connectivity index (χ1n) is 8.99. The average molecular weight is 524 g/mol. The average Bonchev–Trinajstić information content (AvgIpc) is 3.17. The van der Waals surface area contributed by atoms with Gasteiger partial charge in [0.25, 0.3) is 10.0 Å². The van der Waals surface area contributed by atoms with Crippen LogP contribution in [-0.2, 0) is 19.9 Å². The Balaban J connectivity index is 2.02. The fraction of sp³-hybridized carbons (Fsp3) is 0.211. The highest BCUT2D eigenvalue weighted by Gasteiger charge is 2.25. The highest BCUT2D eigenvalue weighted by atomic mass is 35.5. The van der Waals surface area contributed by atoms with Gasteiger partial charge in [0.1, 0.15) is 27.3 Å². The Labute approximate surface area is 193 Å². The monoisotopic (exact) mass is 523 g/mol. The van der Waals surface area contributed by atoms with Gasteiger partial charge in [-0.2, -0.15) is 0 Å². The van der Waals surface area contributed by atoms with Crippen LogP contribution in [0.4, 0.5) is 8.78 Å². The molecule has 0 unspecified atom stereocenters. The van der Waals surface area contributed by atoms with Crippen LogP contribution in [0.3, 0.4) is 0 Å². The molecule has 0 bridgehead atoms. The van der Waals surface area contributed by atoms with Crippen molar-refractivity contribution in [3.63, 3.8) is 0 Å². The van der Waals surface area contributed by atoms with Gasteiger partial charge in [0, 0.05) is 12.8 Å². The fourth-order valence-electron chi connectivity index (χ4n) is 2.93. The summed E-state index contributed by atoms with van der Waals surface area (Å²) in [6.07, 6.45) is 2.04. The first-order valence-corrected chi connectivity index (χ1v) is 13.3. The molecule has 3 aromatic rings. The number of imidazole rings is 1. The van der Waals surface area contributed by atoms with Gasteiger partial charge in [-0.25, -0.2) is 35.3 Å². The molecule has 0 aliphatic rings. The molecular weight excluding hydrogens is 507 g/mol. The van der Waals surface area contributed by atoms with Gasteiger partial charge in [-0.15, -0.1) is 0 Å². The second-order valence-corrected chi connectivity index (χ2v) is 11.7. The summed E-state index contributed by atoms with van der Waals surface area (Å²) in [6, 6.07) is 7.85. The summed E-state index contributed by atoms with van der Waals surface area (Å²) in [5.41, 5.74) is 0.893. The normalized spacial score (nSPS) is 12.4. The molecule has 1 aromatic heterocycles. The number of benzene rings is 2. The van der Waals surface area contributed by atoms with E-state index < -0.39 is 37.4 Å². The number of aromatic nitrogens is 2. The maximum atomic E-state index is 13.7. The van der Waals surface area contributed by atoms with Gasteiger partial charge < -0.3 is 4.98 Å². The standard InChI is InChI=1S/C19H17Cl2F2N3O4S2/c1-31(27,28)7-6-25-32(29,30)17-10-24-19(26-17)18(11-2-4-15(22)13(20)8-11)12-3-5-16(23)14(21)9-12/h2-5,8-10,18,25H,6-7H2,1H3,(H,24,26). The fourth-order valence-corrected chi connectivity index (χ4v) is 4.87. The second kappa shape index (κ2) is 9.44. The van der Waals surface area contributed by atoms with Crippen molar-refractivity contribution in [3.05, 3.63) is 81.2 Å². The van der Waals surface area contributed by atoms with Crippen molar-refractivity contribution in [3.8, 4) is 0 Å². The largest absolute Gasteiger partial charge is 0.331 e. The highest BCUT2D eigenvalue weighted by Crippen LogP contribution is 2.34. The van der Waals surface area contributed by atoms with E-state index in [1.165, 1.54) is 24.3 Å². The first-order chi connectivity index (χ1) is 14.9. The summed E-state index contributed by atoms with van der Waals surface area (Å²) in [6.45, 7) is -0.319. The van der Waals surface area contributed by atoms with E-state index >= 15 is 0 Å². The van der Waals surface area contributed by atoms with Gasteiger partial charge in [-0.05, 0) is 35.4 Å². The van der Waals surface area contributed by atoms with Crippen LogP contribution < -0.4 is 4.72 Å². The quantitative estimate of drug-likeness (QED) is 0.469. The van der Waals surface area contributed by atoms with Crippen molar-refractivity contribution in [2.24, 2.45) is 0 Å². The molecule has 0 atom stereocenters. The van der Waals surface area contributed by atoms with Gasteiger partial charge in [-0.1, -0.05) is 35.3 Å². The van der Waals surface area contributed by atoms with Crippen molar-refractivity contribution in [1.82, 2.24) is 14.7 Å². The molecule has 0 aliphatic carbocycles. The van der Waals surface area contributed by atoms with Crippen molar-refractivity contribution >= 4 is 43.1 Å². The van der Waals surface area contributed by atoms with Crippen LogP contribution >= 0.6 is 23.2 Å². The predicted octanol–water partition coefficient (Wildman–Crippen LogP) is 3.50. The number of nitrogens with one attached hydrogen (secondary N) is 2. The number of aromatic amines is 1. The third-order valence-corrected chi connectivity index (χ3v) is 7.35. The molecule has 0 spiro atoms. The minimum absolute atomic E-state index is 0.138. The number of rotatable bonds is 8. The molecular formula is C19H17Cl2F2N3O4S2. The first kappa shape index (κ1) is 24.6. The summed E-state index contributed by atoms with van der Waals surface area (Å²) in [5.74, 6) is -2.32. The molecule has 0 saturated heterocycles. The molecule has 2 aromatic carbocycles. The Kier molecular flexibility index (Phi) is 7.25. The minimum Gasteiger partial charge on any atom is -0.331 e. The molecule has 32 heavy (non-hydrogen) atoms. The highest BCUT2D eigenvalue weighted by molar-refractivity contribution is 7.91. The van der Waals surface area contributed by atoms with E-state index in [1.54, 1.807) is 0 Å². The Morgan fingerprint density at radius 3 is 2.00 bits per heavy atom. The number of halogens is 4. The summed E-state index contributed by atoms with van der Waals surface area (Å²) in [4.78, 5) is 6.81. The Bertz CT molecular complexity index is 1310. The van der Waals surface area contributed by atoms with Crippen LogP contribution in [0.2, 0.25) is 10.0 Å². The van der Waals surface area contributed by atoms with Gasteiger partial charge in [-0.3, -0.25) is 0 Å². The lowest BCUT2D eigenvalue weighted by Crippen LogP contribution is -2.29. The van der Waals surface area contributed by atoms with E-state index in [-0.39, 0.29) is 33.2 Å². The third-order valence-electron chi connectivity index (χ3n) is 4.45. The number of nitrogens with zero attached hydrogens (tertiary/aromatic N) is 1. The number of hydrogen-bond acceptors (Lipinski definition) is 5. The molecule has 2 N–H and O–H groups in total. The number of sulfonamides is 1. The lowest BCUT2D eigenvalue weighted by atomic mass is 9.90. The zero-order valence-corrected chi connectivity index (χ0v) is 19.6. The molecule has 13 heteroatoms. The molecule has 0 amide bonds. The molecule has 0 radical (unpaired) electrons. The van der Waals surface area contributed by atoms with E-state index in [1.807, 2.05) is 0 Å². The van der Waals surface area contributed by atoms with E-state index in [0.29, 0.717) is 11.1 Å². The maximum absolute atomic E-state index is 13.7. The third kappa shape index (κ3) is 5.84. The molecule has 7 nitrogen and oxygen atoms in total. The lowest BCUT2D eigenvalue weighted by molar-refractivity contribution is 0.578. The van der Waals surface area contributed by atoms with E-state index in [9.17, 15) is 25.6 Å². The van der Waals surface area contributed by atoms with Gasteiger partial charge in [0.2, 0.25) is 0 Å². The number of hydrogen-bond donors (Lipinski definition) is 2. The molecule has 0 saturated carbocycles. The summed E-state index contributed by atoms with van der Waals surface area (Å²) >= 11 is 11.8. The van der Waals surface area contributed by atoms with Gasteiger partial charge >= 0.3 is 0 Å². The number of sulfone groups is 1. The second-order valence-electron chi connectivity index (χ2n) is 6.94. The van der Waals surface area contributed by atoms with E-state index in [0.717, 1.165) is 24.6 Å². The van der Waals surface area contributed by atoms with E-state index in [2.05, 4.69) is 14.7 Å². The zero-order chi connectivity index (χ0) is 23.7. The Hall–Kier alpha value is -2.05. The molecule has 1 heterocycles. The smallest absolute Gasteiger partial charge is 0.257 e. The van der Waals surface area contributed by atoms with Gasteiger partial charge in [0.15, 0.2) is 5.03 Å². The van der Waals surface area contributed by atoms with Crippen LogP contribution in [0.5, 0.6) is 0 Å². The van der Waals surface area contributed by atoms with Crippen molar-refractivity contribution in [2.45, 2.75) is 10.9 Å². The van der Waals surface area contributed by atoms with Crippen LogP contribution in [0, 0.1) is 11.6 Å². The summed E-state index contributed by atoms with van der Waals surface area (Å²) in [7, 11) is -7.46. The van der Waals surface area contributed by atoms with Crippen molar-refractivity contribution in [1.29, 1.82) is 0 Å². The van der Waals surface area contributed by atoms with Crippen molar-refractivity contribution < 1.29 is 25.6 Å². The topological polar surface area (TPSA) is 109 Å². The predicted molar refractivity (Wildman–Crippen MR) is 117 cm³/mol. The number of H-pyrrole nitrogens is 1. The van der Waals surface area contributed by atoms with Crippen LogP contribution in [-0.4, -0.2) is 45.4 Å². The molecule has 172 valence electrons. The van der Waals surface area contributed by atoms with E-state index in [4.69, 9.17) is 23.2 Å². The SMILES string of the molecule is CS(=O)(=O)CCNS(=O)(=O)c1cnc(C(c2ccc(F)c(Cl)c2)c2ccc(F)c(Cl)c2)[nH]1. The zero-order valence-electron chi connectivity index (χ0n) is 16.4. The van der Waals surface area contributed by atoms with Gasteiger partial charge in [0.05, 0.1) is 27.9 Å². The van der Waals surface area contributed by atoms with Crippen LogP contribution in [0.1, 0.15) is 22.9 Å². The summed E-state index contributed by atoms with van der Waals surface area (Å²) < 4.78 is 77.0.